The highest BCUT2D eigenvalue weighted by atomic mass is 16.6. The predicted octanol–water partition coefficient (Wildman–Crippen LogP) is 1.81. The Kier molecular flexibility index (Phi) is 7.48. The summed E-state index contributed by atoms with van der Waals surface area (Å²) in [6.07, 6.45) is 3.11. The Morgan fingerprint density at radius 1 is 1.25 bits per heavy atom. The van der Waals surface area contributed by atoms with Gasteiger partial charge in [-0.2, -0.15) is 0 Å². The van der Waals surface area contributed by atoms with Crippen molar-refractivity contribution in [2.75, 3.05) is 13.2 Å². The van der Waals surface area contributed by atoms with Crippen LogP contribution in [0.3, 0.4) is 0 Å². The Balaban J connectivity index is 1.73. The van der Waals surface area contributed by atoms with Crippen molar-refractivity contribution in [1.29, 1.82) is 0 Å². The van der Waals surface area contributed by atoms with Gasteiger partial charge in [0, 0.05) is 23.7 Å². The summed E-state index contributed by atoms with van der Waals surface area (Å²) in [5, 5.41) is 15.9. The van der Waals surface area contributed by atoms with Crippen LogP contribution >= 0.6 is 0 Å². The van der Waals surface area contributed by atoms with Crippen molar-refractivity contribution in [3.63, 3.8) is 0 Å². The molecule has 1 aliphatic carbocycles. The second-order valence-corrected chi connectivity index (χ2v) is 7.09. The van der Waals surface area contributed by atoms with Crippen molar-refractivity contribution in [1.82, 2.24) is 10.6 Å². The zero-order chi connectivity index (χ0) is 20.7. The molecular weight excluding hydrogens is 366 g/mol. The van der Waals surface area contributed by atoms with Crippen molar-refractivity contribution in [3.05, 3.63) is 39.9 Å². The molecule has 28 heavy (non-hydrogen) atoms. The largest absolute Gasteiger partial charge is 0.454 e. The van der Waals surface area contributed by atoms with Gasteiger partial charge in [0.2, 0.25) is 0 Å². The molecule has 9 heteroatoms. The van der Waals surface area contributed by atoms with E-state index in [-0.39, 0.29) is 23.2 Å². The fourth-order valence-electron chi connectivity index (χ4n) is 3.25. The lowest BCUT2D eigenvalue weighted by Gasteiger charge is -2.34. The number of nitrogens with zero attached hydrogens (tertiary/aromatic N) is 1. The van der Waals surface area contributed by atoms with Gasteiger partial charge in [-0.25, -0.2) is 0 Å². The van der Waals surface area contributed by atoms with E-state index in [0.29, 0.717) is 11.8 Å². The van der Waals surface area contributed by atoms with Crippen LogP contribution in [0.25, 0.3) is 0 Å². The molecule has 0 spiro atoms. The number of nitro groups is 1. The molecule has 3 atom stereocenters. The van der Waals surface area contributed by atoms with Crippen LogP contribution in [0.2, 0.25) is 0 Å². The number of hydrogen-bond acceptors (Lipinski definition) is 6. The van der Waals surface area contributed by atoms with Crippen molar-refractivity contribution >= 4 is 23.5 Å². The number of non-ortho nitro benzene ring substituents is 1. The number of rotatable bonds is 7. The first-order chi connectivity index (χ1) is 13.3. The van der Waals surface area contributed by atoms with Crippen LogP contribution in [0.1, 0.15) is 43.5 Å². The average Bonchev–Trinajstić information content (AvgIpc) is 2.68. The molecule has 0 heterocycles. The highest BCUT2D eigenvalue weighted by molar-refractivity contribution is 5.96. The normalized spacial score (nSPS) is 21.4. The summed E-state index contributed by atoms with van der Waals surface area (Å²) < 4.78 is 4.88. The molecule has 1 aliphatic rings. The summed E-state index contributed by atoms with van der Waals surface area (Å²) in [6.45, 7) is 3.41. The molecule has 0 aromatic heterocycles. The van der Waals surface area contributed by atoms with Gasteiger partial charge < -0.3 is 15.4 Å². The summed E-state index contributed by atoms with van der Waals surface area (Å²) >= 11 is 0. The third-order valence-electron chi connectivity index (χ3n) is 5.13. The minimum absolute atomic E-state index is 0.0557. The average molecular weight is 391 g/mol. The quantitative estimate of drug-likeness (QED) is 0.414. The zero-order valence-electron chi connectivity index (χ0n) is 16.0. The SMILES string of the molecule is C[C@H]1[C@@H](NC(=O)COC(=O)CNC(=O)c2cccc([N+](=O)[O-])c2)CCC[C@@H]1C. The van der Waals surface area contributed by atoms with Crippen molar-refractivity contribution < 1.29 is 24.0 Å². The summed E-state index contributed by atoms with van der Waals surface area (Å²) in [4.78, 5) is 45.8. The minimum Gasteiger partial charge on any atom is -0.454 e. The number of benzene rings is 1. The maximum atomic E-state index is 12.0. The topological polar surface area (TPSA) is 128 Å². The number of amides is 2. The van der Waals surface area contributed by atoms with Crippen LogP contribution in [-0.2, 0) is 14.3 Å². The first kappa shape index (κ1) is 21.3. The molecule has 2 N–H and O–H groups in total. The van der Waals surface area contributed by atoms with Gasteiger partial charge in [0.15, 0.2) is 6.61 Å². The van der Waals surface area contributed by atoms with Crippen LogP contribution in [-0.4, -0.2) is 41.9 Å². The van der Waals surface area contributed by atoms with E-state index < -0.39 is 30.0 Å². The Morgan fingerprint density at radius 3 is 2.71 bits per heavy atom. The number of carbonyl (C=O) groups excluding carboxylic acids is 3. The molecule has 1 aromatic carbocycles. The van der Waals surface area contributed by atoms with E-state index in [1.165, 1.54) is 18.2 Å². The monoisotopic (exact) mass is 391 g/mol. The van der Waals surface area contributed by atoms with Crippen LogP contribution < -0.4 is 10.6 Å². The summed E-state index contributed by atoms with van der Waals surface area (Å²) in [5.74, 6) is -0.883. The van der Waals surface area contributed by atoms with Crippen LogP contribution in [0.4, 0.5) is 5.69 Å². The molecule has 1 fully saturated rings. The smallest absolute Gasteiger partial charge is 0.325 e. The van der Waals surface area contributed by atoms with Gasteiger partial charge in [-0.1, -0.05) is 32.8 Å². The van der Waals surface area contributed by atoms with Gasteiger partial charge in [-0.15, -0.1) is 0 Å². The lowest BCUT2D eigenvalue weighted by Crippen LogP contribution is -2.45. The van der Waals surface area contributed by atoms with E-state index >= 15 is 0 Å². The molecule has 0 aliphatic heterocycles. The Hall–Kier alpha value is -2.97. The molecular formula is C19H25N3O6. The lowest BCUT2D eigenvalue weighted by atomic mass is 9.78. The van der Waals surface area contributed by atoms with Crippen LogP contribution in [0.5, 0.6) is 0 Å². The van der Waals surface area contributed by atoms with Crippen molar-refractivity contribution in [2.24, 2.45) is 11.8 Å². The first-order valence-corrected chi connectivity index (χ1v) is 9.25. The van der Waals surface area contributed by atoms with Gasteiger partial charge in [-0.3, -0.25) is 24.5 Å². The number of nitro benzene ring substituents is 1. The Bertz CT molecular complexity index is 751. The number of hydrogen-bond donors (Lipinski definition) is 2. The predicted molar refractivity (Wildman–Crippen MR) is 100 cm³/mol. The van der Waals surface area contributed by atoms with Gasteiger partial charge in [0.1, 0.15) is 6.54 Å². The van der Waals surface area contributed by atoms with Gasteiger partial charge in [-0.05, 0) is 24.3 Å². The standard InChI is InChI=1S/C19H25N3O6/c1-12-5-3-8-16(13(12)2)21-17(23)11-28-18(24)10-20-19(25)14-6-4-7-15(9-14)22(26)27/h4,6-7,9,12-13,16H,3,5,8,10-11H2,1-2H3,(H,20,25)(H,21,23)/t12-,13+,16-/m0/s1. The summed E-state index contributed by atoms with van der Waals surface area (Å²) in [6, 6.07) is 5.22. The van der Waals surface area contributed by atoms with E-state index in [1.54, 1.807) is 0 Å². The first-order valence-electron chi connectivity index (χ1n) is 9.25. The van der Waals surface area contributed by atoms with Crippen LogP contribution in [0.15, 0.2) is 24.3 Å². The molecule has 2 amide bonds. The summed E-state index contributed by atoms with van der Waals surface area (Å²) in [7, 11) is 0. The fourth-order valence-corrected chi connectivity index (χ4v) is 3.25. The van der Waals surface area contributed by atoms with E-state index in [9.17, 15) is 24.5 Å². The van der Waals surface area contributed by atoms with E-state index in [4.69, 9.17) is 4.74 Å². The van der Waals surface area contributed by atoms with Crippen molar-refractivity contribution in [2.45, 2.75) is 39.2 Å². The van der Waals surface area contributed by atoms with E-state index in [2.05, 4.69) is 24.5 Å². The lowest BCUT2D eigenvalue weighted by molar-refractivity contribution is -0.384. The summed E-state index contributed by atoms with van der Waals surface area (Å²) in [5.41, 5.74) is -0.168. The van der Waals surface area contributed by atoms with Gasteiger partial charge >= 0.3 is 5.97 Å². The van der Waals surface area contributed by atoms with Gasteiger partial charge in [0.05, 0.1) is 4.92 Å². The molecule has 2 rings (SSSR count). The number of carbonyl (C=O) groups is 3. The molecule has 1 saturated carbocycles. The maximum Gasteiger partial charge on any atom is 0.325 e. The Labute approximate surface area is 163 Å². The zero-order valence-corrected chi connectivity index (χ0v) is 16.0. The molecule has 1 aromatic rings. The highest BCUT2D eigenvalue weighted by Gasteiger charge is 2.28. The second kappa shape index (κ2) is 9.82. The molecule has 0 bridgehead atoms. The molecule has 152 valence electrons. The molecule has 0 radical (unpaired) electrons. The number of ether oxygens (including phenoxy) is 1. The molecule has 9 nitrogen and oxygen atoms in total. The molecule has 0 saturated heterocycles. The third-order valence-corrected chi connectivity index (χ3v) is 5.13. The van der Waals surface area contributed by atoms with E-state index in [0.717, 1.165) is 25.3 Å². The fraction of sp³-hybridized carbons (Fsp3) is 0.526. The number of esters is 1. The molecule has 0 unspecified atom stereocenters. The third kappa shape index (κ3) is 6.04. The number of nitrogens with one attached hydrogen (secondary N) is 2. The highest BCUT2D eigenvalue weighted by Crippen LogP contribution is 2.29. The second-order valence-electron chi connectivity index (χ2n) is 7.09. The maximum absolute atomic E-state index is 12.0. The van der Waals surface area contributed by atoms with Crippen LogP contribution in [0, 0.1) is 22.0 Å². The van der Waals surface area contributed by atoms with Crippen molar-refractivity contribution in [3.8, 4) is 0 Å². The van der Waals surface area contributed by atoms with E-state index in [1.807, 2.05) is 0 Å². The van der Waals surface area contributed by atoms with Gasteiger partial charge in [0.25, 0.3) is 17.5 Å². The Morgan fingerprint density at radius 2 is 2.00 bits per heavy atom. The minimum atomic E-state index is -0.765.